The molecule has 1 heterocycles. The molecule has 4 N–H and O–H groups in total. The van der Waals surface area contributed by atoms with Gasteiger partial charge in [0, 0.05) is 11.1 Å². The number of carboxylic acid groups (broad SMARTS) is 1. The van der Waals surface area contributed by atoms with Crippen molar-refractivity contribution in [2.24, 2.45) is 0 Å². The third-order valence-corrected chi connectivity index (χ3v) is 3.52. The number of thiazole rings is 1. The van der Waals surface area contributed by atoms with E-state index in [1.165, 1.54) is 18.6 Å². The SMILES string of the molecule is COc1ccc(N)c(C(=O)NCc2nc(C(=O)O)cs2)c1. The first-order valence-electron chi connectivity index (χ1n) is 5.90. The minimum absolute atomic E-state index is 0.0369. The van der Waals surface area contributed by atoms with Crippen LogP contribution in [-0.2, 0) is 6.54 Å². The first-order chi connectivity index (χ1) is 10.0. The van der Waals surface area contributed by atoms with Crippen LogP contribution in [0.1, 0.15) is 25.9 Å². The number of nitrogens with one attached hydrogen (secondary N) is 1. The Morgan fingerprint density at radius 1 is 1.48 bits per heavy atom. The maximum Gasteiger partial charge on any atom is 0.355 e. The minimum Gasteiger partial charge on any atom is -0.497 e. The Labute approximate surface area is 124 Å². The van der Waals surface area contributed by atoms with E-state index in [4.69, 9.17) is 15.6 Å². The predicted octanol–water partition coefficient (Wildman–Crippen LogP) is 1.36. The summed E-state index contributed by atoms with van der Waals surface area (Å²) in [6, 6.07) is 4.78. The van der Waals surface area contributed by atoms with Crippen molar-refractivity contribution in [2.45, 2.75) is 6.54 Å². The van der Waals surface area contributed by atoms with Gasteiger partial charge in [-0.25, -0.2) is 9.78 Å². The van der Waals surface area contributed by atoms with E-state index < -0.39 is 5.97 Å². The molecule has 110 valence electrons. The number of hydrogen-bond acceptors (Lipinski definition) is 6. The summed E-state index contributed by atoms with van der Waals surface area (Å²) in [6.45, 7) is 0.132. The molecule has 1 amide bonds. The molecule has 0 aliphatic rings. The molecule has 0 unspecified atom stereocenters. The van der Waals surface area contributed by atoms with Crippen LogP contribution in [0, 0.1) is 0 Å². The molecule has 1 aromatic carbocycles. The normalized spacial score (nSPS) is 10.1. The van der Waals surface area contributed by atoms with Crippen LogP contribution < -0.4 is 15.8 Å². The first-order valence-corrected chi connectivity index (χ1v) is 6.78. The molecule has 0 saturated carbocycles. The number of hydrogen-bond donors (Lipinski definition) is 3. The Morgan fingerprint density at radius 3 is 2.86 bits per heavy atom. The van der Waals surface area contributed by atoms with E-state index in [9.17, 15) is 9.59 Å². The number of carbonyl (C=O) groups is 2. The average Bonchev–Trinajstić information content (AvgIpc) is 2.94. The molecule has 1 aromatic heterocycles. The van der Waals surface area contributed by atoms with Crippen molar-refractivity contribution < 1.29 is 19.4 Å². The van der Waals surface area contributed by atoms with E-state index in [2.05, 4.69) is 10.3 Å². The number of nitrogen functional groups attached to an aromatic ring is 1. The molecule has 2 aromatic rings. The van der Waals surface area contributed by atoms with Gasteiger partial charge in [-0.1, -0.05) is 0 Å². The van der Waals surface area contributed by atoms with E-state index in [1.807, 2.05) is 0 Å². The van der Waals surface area contributed by atoms with Gasteiger partial charge in [0.2, 0.25) is 0 Å². The number of benzene rings is 1. The number of nitrogens with two attached hydrogens (primary N) is 1. The summed E-state index contributed by atoms with van der Waals surface area (Å²) in [5.74, 6) is -0.948. The number of amides is 1. The quantitative estimate of drug-likeness (QED) is 0.719. The van der Waals surface area contributed by atoms with Gasteiger partial charge in [0.1, 0.15) is 10.8 Å². The number of carboxylic acids is 1. The molecule has 0 aliphatic carbocycles. The third kappa shape index (κ3) is 3.48. The molecular weight excluding hydrogens is 294 g/mol. The van der Waals surface area contributed by atoms with Crippen molar-refractivity contribution in [2.75, 3.05) is 12.8 Å². The Kier molecular flexibility index (Phi) is 4.39. The Balaban J connectivity index is 2.05. The van der Waals surface area contributed by atoms with Crippen LogP contribution in [0.4, 0.5) is 5.69 Å². The van der Waals surface area contributed by atoms with Gasteiger partial charge >= 0.3 is 5.97 Å². The standard InChI is InChI=1S/C13H13N3O4S/c1-20-7-2-3-9(14)8(4-7)12(17)15-5-11-16-10(6-21-11)13(18)19/h2-4,6H,5,14H2,1H3,(H,15,17)(H,18,19). The number of anilines is 1. The van der Waals surface area contributed by atoms with Gasteiger partial charge in [-0.3, -0.25) is 4.79 Å². The molecule has 0 aliphatic heterocycles. The van der Waals surface area contributed by atoms with Crippen LogP contribution in [0.25, 0.3) is 0 Å². The van der Waals surface area contributed by atoms with Crippen LogP contribution >= 0.6 is 11.3 Å². The van der Waals surface area contributed by atoms with E-state index in [0.29, 0.717) is 22.0 Å². The van der Waals surface area contributed by atoms with Gasteiger partial charge in [-0.2, -0.15) is 0 Å². The summed E-state index contributed by atoms with van der Waals surface area (Å²) in [5.41, 5.74) is 6.34. The molecule has 0 atom stereocenters. The van der Waals surface area contributed by atoms with Gasteiger partial charge < -0.3 is 20.9 Å². The summed E-state index contributed by atoms with van der Waals surface area (Å²) >= 11 is 1.16. The van der Waals surface area contributed by atoms with Crippen molar-refractivity contribution >= 4 is 28.9 Å². The highest BCUT2D eigenvalue weighted by Crippen LogP contribution is 2.19. The number of methoxy groups -OCH3 is 1. The van der Waals surface area contributed by atoms with Gasteiger partial charge in [0.15, 0.2) is 5.69 Å². The highest BCUT2D eigenvalue weighted by Gasteiger charge is 2.13. The molecule has 0 bridgehead atoms. The number of nitrogens with zero attached hydrogens (tertiary/aromatic N) is 1. The number of aromatic nitrogens is 1. The minimum atomic E-state index is -1.10. The topological polar surface area (TPSA) is 115 Å². The molecule has 0 spiro atoms. The lowest BCUT2D eigenvalue weighted by atomic mass is 10.1. The summed E-state index contributed by atoms with van der Waals surface area (Å²) in [7, 11) is 1.50. The molecule has 0 radical (unpaired) electrons. The third-order valence-electron chi connectivity index (χ3n) is 2.68. The predicted molar refractivity (Wildman–Crippen MR) is 77.6 cm³/mol. The summed E-state index contributed by atoms with van der Waals surface area (Å²) in [4.78, 5) is 26.7. The van der Waals surface area contributed by atoms with Gasteiger partial charge in [-0.15, -0.1) is 11.3 Å². The molecule has 7 nitrogen and oxygen atoms in total. The molecule has 2 rings (SSSR count). The lowest BCUT2D eigenvalue weighted by Gasteiger charge is -2.08. The number of aromatic carboxylic acids is 1. The van der Waals surface area contributed by atoms with Gasteiger partial charge in [-0.05, 0) is 18.2 Å². The maximum absolute atomic E-state index is 12.1. The van der Waals surface area contributed by atoms with Crippen molar-refractivity contribution in [1.82, 2.24) is 10.3 Å². The second kappa shape index (κ2) is 6.23. The number of rotatable bonds is 5. The zero-order valence-corrected chi connectivity index (χ0v) is 11.9. The molecule has 0 fully saturated rings. The zero-order chi connectivity index (χ0) is 15.4. The fourth-order valence-corrected chi connectivity index (χ4v) is 2.31. The Bertz CT molecular complexity index is 684. The lowest BCUT2D eigenvalue weighted by molar-refractivity contribution is 0.0691. The van der Waals surface area contributed by atoms with Crippen molar-refractivity contribution in [3.05, 3.63) is 39.8 Å². The fourth-order valence-electron chi connectivity index (χ4n) is 1.60. The van der Waals surface area contributed by atoms with Gasteiger partial charge in [0.25, 0.3) is 5.91 Å². The van der Waals surface area contributed by atoms with Crippen LogP contribution in [0.15, 0.2) is 23.6 Å². The Morgan fingerprint density at radius 2 is 2.24 bits per heavy atom. The van der Waals surface area contributed by atoms with Crippen molar-refractivity contribution in [3.63, 3.8) is 0 Å². The smallest absolute Gasteiger partial charge is 0.355 e. The second-order valence-corrected chi connectivity index (χ2v) is 5.01. The molecule has 0 saturated heterocycles. The lowest BCUT2D eigenvalue weighted by Crippen LogP contribution is -2.23. The first kappa shape index (κ1) is 14.8. The van der Waals surface area contributed by atoms with Crippen LogP contribution in [0.2, 0.25) is 0 Å². The molecule has 8 heteroatoms. The van der Waals surface area contributed by atoms with Crippen LogP contribution in [0.3, 0.4) is 0 Å². The number of ether oxygens (including phenoxy) is 1. The van der Waals surface area contributed by atoms with Crippen LogP contribution in [0.5, 0.6) is 5.75 Å². The average molecular weight is 307 g/mol. The summed E-state index contributed by atoms with van der Waals surface area (Å²) in [6.07, 6.45) is 0. The summed E-state index contributed by atoms with van der Waals surface area (Å²) < 4.78 is 5.04. The van der Waals surface area contributed by atoms with Crippen molar-refractivity contribution in [3.8, 4) is 5.75 Å². The largest absolute Gasteiger partial charge is 0.497 e. The van der Waals surface area contributed by atoms with E-state index in [0.717, 1.165) is 11.3 Å². The maximum atomic E-state index is 12.1. The van der Waals surface area contributed by atoms with E-state index in [1.54, 1.807) is 12.1 Å². The number of carbonyl (C=O) groups excluding carboxylic acids is 1. The van der Waals surface area contributed by atoms with Crippen LogP contribution in [-0.4, -0.2) is 29.1 Å². The van der Waals surface area contributed by atoms with Gasteiger partial charge in [0.05, 0.1) is 19.2 Å². The zero-order valence-electron chi connectivity index (χ0n) is 11.1. The molecule has 21 heavy (non-hydrogen) atoms. The molecular formula is C13H13N3O4S. The fraction of sp³-hybridized carbons (Fsp3) is 0.154. The van der Waals surface area contributed by atoms with E-state index in [-0.39, 0.29) is 18.1 Å². The monoisotopic (exact) mass is 307 g/mol. The highest BCUT2D eigenvalue weighted by atomic mass is 32.1. The Hall–Kier alpha value is -2.61. The second-order valence-electron chi connectivity index (χ2n) is 4.07. The highest BCUT2D eigenvalue weighted by molar-refractivity contribution is 7.09. The summed E-state index contributed by atoms with van der Waals surface area (Å²) in [5, 5.41) is 13.3. The van der Waals surface area contributed by atoms with Crippen molar-refractivity contribution in [1.29, 1.82) is 0 Å². The van der Waals surface area contributed by atoms with E-state index >= 15 is 0 Å².